The number of benzene rings is 2. The topological polar surface area (TPSA) is 81.1 Å². The van der Waals surface area contributed by atoms with Gasteiger partial charge in [0.2, 0.25) is 0 Å². The number of carbonyl (C=O) groups excluding carboxylic acids is 1. The van der Waals surface area contributed by atoms with Gasteiger partial charge in [0.25, 0.3) is 5.91 Å². The van der Waals surface area contributed by atoms with E-state index in [2.05, 4.69) is 5.43 Å². The number of nitrogens with one attached hydrogen (secondary N) is 1. The summed E-state index contributed by atoms with van der Waals surface area (Å²) in [6.45, 7) is 2.03. The lowest BCUT2D eigenvalue weighted by Gasteiger charge is -2.10. The van der Waals surface area contributed by atoms with E-state index in [0.29, 0.717) is 11.3 Å². The van der Waals surface area contributed by atoms with Gasteiger partial charge < -0.3 is 5.73 Å². The molecule has 0 aliphatic carbocycles. The summed E-state index contributed by atoms with van der Waals surface area (Å²) in [7, 11) is 0. The van der Waals surface area contributed by atoms with E-state index >= 15 is 0 Å². The van der Waals surface area contributed by atoms with Crippen molar-refractivity contribution in [2.75, 3.05) is 5.73 Å². The van der Waals surface area contributed by atoms with Crippen LogP contribution in [-0.2, 0) is 5.75 Å². The maximum Gasteiger partial charge on any atom is 0.265 e. The highest BCUT2D eigenvalue weighted by molar-refractivity contribution is 7.98. The SMILES string of the molecule is Cc1ccc(N)c(SCc2ccccc2C(=O)NN)c1. The van der Waals surface area contributed by atoms with Gasteiger partial charge in [-0.25, -0.2) is 5.84 Å². The minimum Gasteiger partial charge on any atom is -0.398 e. The molecule has 5 N–H and O–H groups in total. The first kappa shape index (κ1) is 14.4. The van der Waals surface area contributed by atoms with Gasteiger partial charge in [-0.05, 0) is 36.2 Å². The van der Waals surface area contributed by atoms with Gasteiger partial charge in [0, 0.05) is 21.9 Å². The molecule has 0 fully saturated rings. The van der Waals surface area contributed by atoms with Crippen LogP contribution in [0.25, 0.3) is 0 Å². The summed E-state index contributed by atoms with van der Waals surface area (Å²) in [5, 5.41) is 0. The highest BCUT2D eigenvalue weighted by atomic mass is 32.2. The predicted octanol–water partition coefficient (Wildman–Crippen LogP) is 2.47. The molecule has 0 saturated carbocycles. The Balaban J connectivity index is 2.19. The molecule has 0 radical (unpaired) electrons. The standard InChI is InChI=1S/C15H17N3OS/c1-10-6-7-13(16)14(8-10)20-9-11-4-2-3-5-12(11)15(19)18-17/h2-8H,9,16-17H2,1H3,(H,18,19). The zero-order valence-corrected chi connectivity index (χ0v) is 12.0. The lowest BCUT2D eigenvalue weighted by molar-refractivity contribution is 0.0953. The second-order valence-corrected chi connectivity index (χ2v) is 5.48. The quantitative estimate of drug-likeness (QED) is 0.265. The first-order valence-corrected chi connectivity index (χ1v) is 7.18. The Morgan fingerprint density at radius 2 is 2.00 bits per heavy atom. The number of aryl methyl sites for hydroxylation is 1. The summed E-state index contributed by atoms with van der Waals surface area (Å²) >= 11 is 1.61. The minimum atomic E-state index is -0.279. The molecule has 0 unspecified atom stereocenters. The van der Waals surface area contributed by atoms with E-state index < -0.39 is 0 Å². The van der Waals surface area contributed by atoms with Crippen molar-refractivity contribution in [1.82, 2.24) is 5.43 Å². The molecule has 2 rings (SSSR count). The molecule has 0 bridgehead atoms. The third-order valence-corrected chi connectivity index (χ3v) is 4.07. The Labute approximate surface area is 122 Å². The number of nitrogens with two attached hydrogens (primary N) is 2. The molecule has 0 atom stereocenters. The molecule has 0 saturated heterocycles. The molecule has 104 valence electrons. The van der Waals surface area contributed by atoms with Crippen LogP contribution in [0, 0.1) is 6.92 Å². The van der Waals surface area contributed by atoms with Gasteiger partial charge in [-0.3, -0.25) is 10.2 Å². The van der Waals surface area contributed by atoms with Gasteiger partial charge in [-0.1, -0.05) is 24.3 Å². The molecule has 2 aromatic carbocycles. The lowest BCUT2D eigenvalue weighted by Crippen LogP contribution is -2.30. The largest absolute Gasteiger partial charge is 0.398 e. The summed E-state index contributed by atoms with van der Waals surface area (Å²) in [5.74, 6) is 5.58. The maximum absolute atomic E-state index is 11.7. The molecule has 0 heterocycles. The van der Waals surface area contributed by atoms with E-state index in [1.54, 1.807) is 17.8 Å². The molecule has 1 amide bonds. The Morgan fingerprint density at radius 1 is 1.25 bits per heavy atom. The lowest BCUT2D eigenvalue weighted by atomic mass is 10.1. The molecule has 2 aromatic rings. The summed E-state index contributed by atoms with van der Waals surface area (Å²) in [4.78, 5) is 12.7. The highest BCUT2D eigenvalue weighted by Gasteiger charge is 2.10. The van der Waals surface area contributed by atoms with Crippen molar-refractivity contribution in [1.29, 1.82) is 0 Å². The fraction of sp³-hybridized carbons (Fsp3) is 0.133. The summed E-state index contributed by atoms with van der Waals surface area (Å²) in [6.07, 6.45) is 0. The first-order valence-electron chi connectivity index (χ1n) is 6.19. The smallest absolute Gasteiger partial charge is 0.265 e. The van der Waals surface area contributed by atoms with Gasteiger partial charge in [0.05, 0.1) is 0 Å². The van der Waals surface area contributed by atoms with E-state index in [-0.39, 0.29) is 5.91 Å². The number of amides is 1. The zero-order chi connectivity index (χ0) is 14.5. The van der Waals surface area contributed by atoms with Gasteiger partial charge in [0.15, 0.2) is 0 Å². The molecule has 0 aromatic heterocycles. The van der Waals surface area contributed by atoms with Gasteiger partial charge in [-0.2, -0.15) is 0 Å². The third-order valence-electron chi connectivity index (χ3n) is 2.95. The van der Waals surface area contributed by atoms with Crippen LogP contribution in [0.15, 0.2) is 47.4 Å². The van der Waals surface area contributed by atoms with Crippen molar-refractivity contribution in [2.45, 2.75) is 17.6 Å². The fourth-order valence-electron chi connectivity index (χ4n) is 1.87. The van der Waals surface area contributed by atoms with Crippen molar-refractivity contribution in [3.63, 3.8) is 0 Å². The van der Waals surface area contributed by atoms with Crippen LogP contribution in [0.5, 0.6) is 0 Å². The van der Waals surface area contributed by atoms with Crippen molar-refractivity contribution >= 4 is 23.4 Å². The van der Waals surface area contributed by atoms with Crippen molar-refractivity contribution < 1.29 is 4.79 Å². The fourth-order valence-corrected chi connectivity index (χ4v) is 2.93. The number of nitrogen functional groups attached to an aromatic ring is 2. The van der Waals surface area contributed by atoms with Crippen LogP contribution in [0.3, 0.4) is 0 Å². The van der Waals surface area contributed by atoms with E-state index in [1.807, 2.05) is 43.3 Å². The Kier molecular flexibility index (Phi) is 4.65. The summed E-state index contributed by atoms with van der Waals surface area (Å²) < 4.78 is 0. The number of hydrogen-bond acceptors (Lipinski definition) is 4. The second kappa shape index (κ2) is 6.45. The molecular weight excluding hydrogens is 270 g/mol. The maximum atomic E-state index is 11.7. The molecule has 4 nitrogen and oxygen atoms in total. The van der Waals surface area contributed by atoms with Crippen LogP contribution in [0.1, 0.15) is 21.5 Å². The number of carbonyl (C=O) groups is 1. The molecule has 0 spiro atoms. The van der Waals surface area contributed by atoms with E-state index in [4.69, 9.17) is 11.6 Å². The average molecular weight is 287 g/mol. The van der Waals surface area contributed by atoms with Gasteiger partial charge >= 0.3 is 0 Å². The van der Waals surface area contributed by atoms with E-state index in [0.717, 1.165) is 21.7 Å². The predicted molar refractivity (Wildman–Crippen MR) is 83.2 cm³/mol. The van der Waals surface area contributed by atoms with Crippen LogP contribution in [0.4, 0.5) is 5.69 Å². The van der Waals surface area contributed by atoms with E-state index in [1.165, 1.54) is 0 Å². The average Bonchev–Trinajstić information content (AvgIpc) is 2.47. The zero-order valence-electron chi connectivity index (χ0n) is 11.2. The van der Waals surface area contributed by atoms with Gasteiger partial charge in [-0.15, -0.1) is 11.8 Å². The highest BCUT2D eigenvalue weighted by Crippen LogP contribution is 2.29. The molecule has 0 aliphatic heterocycles. The van der Waals surface area contributed by atoms with Crippen LogP contribution < -0.4 is 17.0 Å². The third kappa shape index (κ3) is 3.31. The molecule has 5 heteroatoms. The molecule has 0 aliphatic rings. The molecular formula is C15H17N3OS. The minimum absolute atomic E-state index is 0.279. The number of hydrazine groups is 1. The number of hydrogen-bond donors (Lipinski definition) is 3. The second-order valence-electron chi connectivity index (χ2n) is 4.46. The van der Waals surface area contributed by atoms with Gasteiger partial charge in [0.1, 0.15) is 0 Å². The Morgan fingerprint density at radius 3 is 2.75 bits per heavy atom. The monoisotopic (exact) mass is 287 g/mol. The van der Waals surface area contributed by atoms with Crippen molar-refractivity contribution in [2.24, 2.45) is 5.84 Å². The van der Waals surface area contributed by atoms with Crippen molar-refractivity contribution in [3.8, 4) is 0 Å². The summed E-state index contributed by atoms with van der Waals surface area (Å²) in [5.41, 5.74) is 11.6. The van der Waals surface area contributed by atoms with E-state index in [9.17, 15) is 4.79 Å². The molecule has 20 heavy (non-hydrogen) atoms. The number of thioether (sulfide) groups is 1. The first-order chi connectivity index (χ1) is 9.61. The Bertz CT molecular complexity index is 628. The number of anilines is 1. The van der Waals surface area contributed by atoms with Crippen LogP contribution in [-0.4, -0.2) is 5.91 Å². The van der Waals surface area contributed by atoms with Crippen LogP contribution in [0.2, 0.25) is 0 Å². The summed E-state index contributed by atoms with van der Waals surface area (Å²) in [6, 6.07) is 13.3. The van der Waals surface area contributed by atoms with Crippen molar-refractivity contribution in [3.05, 3.63) is 59.2 Å². The normalized spacial score (nSPS) is 10.3. The Hall–Kier alpha value is -1.98. The number of rotatable bonds is 4. The van der Waals surface area contributed by atoms with Crippen LogP contribution >= 0.6 is 11.8 Å².